The number of likely N-dealkylation sites (tertiary alicyclic amines) is 1. The fourth-order valence-electron chi connectivity index (χ4n) is 4.15. The summed E-state index contributed by atoms with van der Waals surface area (Å²) in [7, 11) is -1.85. The monoisotopic (exact) mass is 486 g/mol. The Morgan fingerprint density at radius 2 is 1.82 bits per heavy atom. The largest absolute Gasteiger partial charge is 0.345 e. The molecule has 9 heteroatoms. The van der Waals surface area contributed by atoms with E-state index in [9.17, 15) is 13.2 Å². The number of sulfonamides is 1. The lowest BCUT2D eigenvalue weighted by Gasteiger charge is -2.26. The second-order valence-electron chi connectivity index (χ2n) is 8.46. The van der Waals surface area contributed by atoms with Crippen LogP contribution in [0.4, 0.5) is 0 Å². The second-order valence-corrected chi connectivity index (χ2v) is 11.2. The van der Waals surface area contributed by atoms with Gasteiger partial charge in [-0.1, -0.05) is 30.3 Å². The molecule has 1 fully saturated rings. The molecule has 1 N–H and O–H groups in total. The van der Waals surface area contributed by atoms with Gasteiger partial charge in [0.05, 0.1) is 11.4 Å². The molecular formula is C24H30N4O3S2. The summed E-state index contributed by atoms with van der Waals surface area (Å²) in [5.41, 5.74) is 3.10. The third-order valence-electron chi connectivity index (χ3n) is 6.18. The number of aromatic nitrogens is 2. The molecule has 0 radical (unpaired) electrons. The summed E-state index contributed by atoms with van der Waals surface area (Å²) in [6.07, 6.45) is 3.85. The van der Waals surface area contributed by atoms with Crippen molar-refractivity contribution < 1.29 is 13.2 Å². The van der Waals surface area contributed by atoms with E-state index in [1.807, 2.05) is 53.8 Å². The van der Waals surface area contributed by atoms with Crippen LogP contribution in [0.2, 0.25) is 0 Å². The van der Waals surface area contributed by atoms with Crippen molar-refractivity contribution in [3.8, 4) is 10.7 Å². The van der Waals surface area contributed by atoms with Gasteiger partial charge in [-0.25, -0.2) is 18.1 Å². The minimum atomic E-state index is -3.68. The zero-order valence-electron chi connectivity index (χ0n) is 19.3. The molecule has 33 heavy (non-hydrogen) atoms. The average Bonchev–Trinajstić information content (AvgIpc) is 3.34. The summed E-state index contributed by atoms with van der Waals surface area (Å²) in [6.45, 7) is 5.52. The van der Waals surface area contributed by atoms with Gasteiger partial charge in [0.1, 0.15) is 14.8 Å². The number of thiazole rings is 1. The van der Waals surface area contributed by atoms with Crippen LogP contribution in [0.1, 0.15) is 45.9 Å². The molecule has 4 rings (SSSR count). The van der Waals surface area contributed by atoms with E-state index < -0.39 is 10.0 Å². The minimum absolute atomic E-state index is 0.0253. The summed E-state index contributed by atoms with van der Waals surface area (Å²) in [5, 5.41) is 0.657. The average molecular weight is 487 g/mol. The standard InChI is InChI=1S/C24H30N4O3S2/c1-17-22(24(29)28-14-8-5-9-15-28)32-23(26-17)20-16-21(18(2)27(20)3)33(30,31)25-13-12-19-10-6-4-7-11-19/h4,6-7,10-11,16,25H,5,8-9,12-15H2,1-3H3. The SMILES string of the molecule is Cc1nc(-c2cc(S(=O)(=O)NCCc3ccccc3)c(C)n2C)sc1C(=O)N1CCCCC1. The Hall–Kier alpha value is -2.49. The smallest absolute Gasteiger partial charge is 0.265 e. The first-order valence-corrected chi connectivity index (χ1v) is 13.5. The molecule has 1 amide bonds. The Labute approximate surface area is 199 Å². The Kier molecular flexibility index (Phi) is 7.02. The summed E-state index contributed by atoms with van der Waals surface area (Å²) in [5.74, 6) is 0.0253. The van der Waals surface area contributed by atoms with Crippen molar-refractivity contribution >= 4 is 27.3 Å². The summed E-state index contributed by atoms with van der Waals surface area (Å²) in [4.78, 5) is 20.4. The third-order valence-corrected chi connectivity index (χ3v) is 8.92. The number of hydrogen-bond donors (Lipinski definition) is 1. The number of nitrogens with zero attached hydrogens (tertiary/aromatic N) is 3. The van der Waals surface area contributed by atoms with Gasteiger partial charge in [-0.3, -0.25) is 4.79 Å². The van der Waals surface area contributed by atoms with E-state index in [1.165, 1.54) is 11.3 Å². The van der Waals surface area contributed by atoms with Gasteiger partial charge in [-0.15, -0.1) is 11.3 Å². The van der Waals surface area contributed by atoms with Gasteiger partial charge >= 0.3 is 0 Å². The molecule has 3 aromatic rings. The van der Waals surface area contributed by atoms with Gasteiger partial charge in [-0.05, 0) is 51.2 Å². The molecule has 1 aromatic carbocycles. The van der Waals surface area contributed by atoms with Crippen molar-refractivity contribution in [1.29, 1.82) is 0 Å². The number of nitrogens with one attached hydrogen (secondary N) is 1. The number of piperidine rings is 1. The normalized spacial score (nSPS) is 14.6. The Balaban J connectivity index is 1.55. The summed E-state index contributed by atoms with van der Waals surface area (Å²) in [6, 6.07) is 11.4. The van der Waals surface area contributed by atoms with E-state index in [2.05, 4.69) is 9.71 Å². The molecule has 176 valence electrons. The maximum absolute atomic E-state index is 13.0. The number of benzene rings is 1. The highest BCUT2D eigenvalue weighted by atomic mass is 32.2. The Morgan fingerprint density at radius 3 is 2.52 bits per heavy atom. The highest BCUT2D eigenvalue weighted by Gasteiger charge is 2.26. The van der Waals surface area contributed by atoms with E-state index in [-0.39, 0.29) is 10.8 Å². The topological polar surface area (TPSA) is 84.3 Å². The number of rotatable bonds is 7. The first-order chi connectivity index (χ1) is 15.8. The summed E-state index contributed by atoms with van der Waals surface area (Å²) >= 11 is 1.34. The van der Waals surface area contributed by atoms with Crippen LogP contribution < -0.4 is 4.72 Å². The number of carbonyl (C=O) groups excluding carboxylic acids is 1. The number of hydrogen-bond acceptors (Lipinski definition) is 5. The lowest BCUT2D eigenvalue weighted by molar-refractivity contribution is 0.0728. The van der Waals surface area contributed by atoms with Crippen LogP contribution in [-0.4, -0.2) is 48.4 Å². The fraction of sp³-hybridized carbons (Fsp3) is 0.417. The van der Waals surface area contributed by atoms with Crippen molar-refractivity contribution in [3.63, 3.8) is 0 Å². The second kappa shape index (κ2) is 9.79. The molecule has 1 aliphatic heterocycles. The van der Waals surface area contributed by atoms with Gasteiger partial charge in [-0.2, -0.15) is 0 Å². The maximum atomic E-state index is 13.0. The van der Waals surface area contributed by atoms with Crippen LogP contribution in [-0.2, 0) is 23.5 Å². The van der Waals surface area contributed by atoms with E-state index in [0.29, 0.717) is 39.9 Å². The Morgan fingerprint density at radius 1 is 1.12 bits per heavy atom. The summed E-state index contributed by atoms with van der Waals surface area (Å²) < 4.78 is 30.6. The fourth-order valence-corrected chi connectivity index (χ4v) is 6.55. The molecule has 0 aliphatic carbocycles. The molecule has 0 spiro atoms. The maximum Gasteiger partial charge on any atom is 0.265 e. The predicted octanol–water partition coefficient (Wildman–Crippen LogP) is 3.91. The molecule has 7 nitrogen and oxygen atoms in total. The highest BCUT2D eigenvalue weighted by molar-refractivity contribution is 7.89. The number of aryl methyl sites for hydroxylation is 1. The number of carbonyl (C=O) groups is 1. The van der Waals surface area contributed by atoms with Crippen LogP contribution in [0.5, 0.6) is 0 Å². The van der Waals surface area contributed by atoms with Crippen LogP contribution in [0.25, 0.3) is 10.7 Å². The lowest BCUT2D eigenvalue weighted by atomic mass is 10.1. The molecule has 0 unspecified atom stereocenters. The zero-order chi connectivity index (χ0) is 23.6. The van der Waals surface area contributed by atoms with Crippen LogP contribution in [0.3, 0.4) is 0 Å². The van der Waals surface area contributed by atoms with Gasteiger partial charge in [0.2, 0.25) is 10.0 Å². The first-order valence-electron chi connectivity index (χ1n) is 11.2. The molecule has 1 aliphatic rings. The van der Waals surface area contributed by atoms with Crippen LogP contribution in [0, 0.1) is 13.8 Å². The van der Waals surface area contributed by atoms with E-state index in [1.54, 1.807) is 13.0 Å². The van der Waals surface area contributed by atoms with Crippen molar-refractivity contribution in [1.82, 2.24) is 19.2 Å². The highest BCUT2D eigenvalue weighted by Crippen LogP contribution is 2.33. The van der Waals surface area contributed by atoms with Gasteiger partial charge in [0, 0.05) is 32.4 Å². The molecule has 0 atom stereocenters. The molecule has 2 aromatic heterocycles. The molecule has 0 saturated carbocycles. The van der Waals surface area contributed by atoms with Crippen molar-refractivity contribution in [2.45, 2.75) is 44.4 Å². The minimum Gasteiger partial charge on any atom is -0.345 e. The van der Waals surface area contributed by atoms with Gasteiger partial charge < -0.3 is 9.47 Å². The van der Waals surface area contributed by atoms with Gasteiger partial charge in [0.25, 0.3) is 5.91 Å². The molecule has 1 saturated heterocycles. The predicted molar refractivity (Wildman–Crippen MR) is 131 cm³/mol. The van der Waals surface area contributed by atoms with Crippen LogP contribution in [0.15, 0.2) is 41.3 Å². The van der Waals surface area contributed by atoms with Crippen LogP contribution >= 0.6 is 11.3 Å². The van der Waals surface area contributed by atoms with E-state index >= 15 is 0 Å². The van der Waals surface area contributed by atoms with E-state index in [4.69, 9.17) is 0 Å². The van der Waals surface area contributed by atoms with E-state index in [0.717, 1.165) is 37.9 Å². The lowest BCUT2D eigenvalue weighted by Crippen LogP contribution is -2.35. The molecule has 0 bridgehead atoms. The quantitative estimate of drug-likeness (QED) is 0.549. The zero-order valence-corrected chi connectivity index (χ0v) is 20.9. The Bertz CT molecular complexity index is 1240. The van der Waals surface area contributed by atoms with Crippen molar-refractivity contribution in [2.75, 3.05) is 19.6 Å². The third kappa shape index (κ3) is 5.05. The first kappa shape index (κ1) is 23.7. The number of amides is 1. The molecule has 3 heterocycles. The van der Waals surface area contributed by atoms with Crippen molar-refractivity contribution in [3.05, 3.63) is 58.2 Å². The van der Waals surface area contributed by atoms with Gasteiger partial charge in [0.15, 0.2) is 0 Å². The van der Waals surface area contributed by atoms with Crippen molar-refractivity contribution in [2.24, 2.45) is 7.05 Å². The molecular weight excluding hydrogens is 456 g/mol.